The SMILES string of the molecule is Cc1ccccc1C(=O)NC(C(=O)N1CCCC(C(C)N)C1)C(C)C.Cl. The molecule has 3 atom stereocenters. The second kappa shape index (κ2) is 9.93. The van der Waals surface area contributed by atoms with Crippen molar-refractivity contribution < 1.29 is 9.59 Å². The van der Waals surface area contributed by atoms with Crippen molar-refractivity contribution in [2.24, 2.45) is 17.6 Å². The fraction of sp³-hybridized carbons (Fsp3) is 0.600. The molecule has 1 aliphatic heterocycles. The van der Waals surface area contributed by atoms with E-state index in [1.165, 1.54) is 0 Å². The van der Waals surface area contributed by atoms with Crippen molar-refractivity contribution in [1.82, 2.24) is 10.2 Å². The molecule has 1 saturated heterocycles. The smallest absolute Gasteiger partial charge is 0.252 e. The fourth-order valence-corrected chi connectivity index (χ4v) is 3.40. The number of aryl methyl sites for hydroxylation is 1. The van der Waals surface area contributed by atoms with Crippen LogP contribution in [-0.4, -0.2) is 41.9 Å². The minimum atomic E-state index is -0.515. The zero-order valence-corrected chi connectivity index (χ0v) is 17.0. The van der Waals surface area contributed by atoms with E-state index in [1.807, 2.05) is 50.8 Å². The van der Waals surface area contributed by atoms with Crippen molar-refractivity contribution in [3.05, 3.63) is 35.4 Å². The molecule has 5 nitrogen and oxygen atoms in total. The van der Waals surface area contributed by atoms with Crippen LogP contribution in [0.25, 0.3) is 0 Å². The van der Waals surface area contributed by atoms with Crippen LogP contribution in [0, 0.1) is 18.8 Å². The van der Waals surface area contributed by atoms with Crippen LogP contribution in [0.15, 0.2) is 24.3 Å². The molecule has 0 saturated carbocycles. The van der Waals surface area contributed by atoms with Crippen molar-refractivity contribution >= 4 is 24.2 Å². The number of nitrogens with zero attached hydrogens (tertiary/aromatic N) is 1. The lowest BCUT2D eigenvalue weighted by Crippen LogP contribution is -2.54. The minimum absolute atomic E-state index is 0. The summed E-state index contributed by atoms with van der Waals surface area (Å²) in [6, 6.07) is 7.00. The van der Waals surface area contributed by atoms with Gasteiger partial charge in [0.25, 0.3) is 5.91 Å². The van der Waals surface area contributed by atoms with Crippen LogP contribution in [0.4, 0.5) is 0 Å². The second-order valence-corrected chi connectivity index (χ2v) is 7.56. The number of likely N-dealkylation sites (tertiary alicyclic amines) is 1. The van der Waals surface area contributed by atoms with E-state index in [0.29, 0.717) is 18.0 Å². The van der Waals surface area contributed by atoms with Crippen LogP contribution >= 0.6 is 12.4 Å². The Hall–Kier alpha value is -1.59. The van der Waals surface area contributed by atoms with E-state index < -0.39 is 6.04 Å². The number of benzene rings is 1. The summed E-state index contributed by atoms with van der Waals surface area (Å²) in [6.07, 6.45) is 2.03. The number of carbonyl (C=O) groups excluding carboxylic acids is 2. The summed E-state index contributed by atoms with van der Waals surface area (Å²) in [5.74, 6) is 0.168. The molecule has 0 spiro atoms. The number of hydrogen-bond acceptors (Lipinski definition) is 3. The number of nitrogens with two attached hydrogens (primary N) is 1. The van der Waals surface area contributed by atoms with Crippen molar-refractivity contribution in [2.75, 3.05) is 13.1 Å². The lowest BCUT2D eigenvalue weighted by molar-refractivity contribution is -0.136. The lowest BCUT2D eigenvalue weighted by Gasteiger charge is -2.37. The number of rotatable bonds is 5. The van der Waals surface area contributed by atoms with Gasteiger partial charge in [-0.25, -0.2) is 0 Å². The maximum absolute atomic E-state index is 13.0. The fourth-order valence-electron chi connectivity index (χ4n) is 3.40. The predicted octanol–water partition coefficient (Wildman–Crippen LogP) is 2.76. The van der Waals surface area contributed by atoms with Gasteiger partial charge >= 0.3 is 0 Å². The van der Waals surface area contributed by atoms with Gasteiger partial charge in [-0.3, -0.25) is 9.59 Å². The number of carbonyl (C=O) groups is 2. The largest absolute Gasteiger partial charge is 0.341 e. The first-order chi connectivity index (χ1) is 11.8. The van der Waals surface area contributed by atoms with Crippen molar-refractivity contribution in [1.29, 1.82) is 0 Å². The molecule has 2 amide bonds. The maximum atomic E-state index is 13.0. The van der Waals surface area contributed by atoms with Crippen molar-refractivity contribution in [3.63, 3.8) is 0 Å². The molecular weight excluding hydrogens is 350 g/mol. The molecule has 0 bridgehead atoms. The topological polar surface area (TPSA) is 75.4 Å². The third-order valence-corrected chi connectivity index (χ3v) is 5.12. The van der Waals surface area contributed by atoms with Gasteiger partial charge in [-0.1, -0.05) is 32.0 Å². The third kappa shape index (κ3) is 5.45. The lowest BCUT2D eigenvalue weighted by atomic mass is 9.91. The third-order valence-electron chi connectivity index (χ3n) is 5.12. The monoisotopic (exact) mass is 381 g/mol. The van der Waals surface area contributed by atoms with E-state index >= 15 is 0 Å². The van der Waals surface area contributed by atoms with E-state index in [-0.39, 0.29) is 36.2 Å². The van der Waals surface area contributed by atoms with E-state index in [4.69, 9.17) is 5.73 Å². The number of hydrogen-bond donors (Lipinski definition) is 2. The predicted molar refractivity (Wildman–Crippen MR) is 107 cm³/mol. The Morgan fingerprint density at radius 1 is 1.23 bits per heavy atom. The number of amides is 2. The Morgan fingerprint density at radius 3 is 2.46 bits per heavy atom. The first-order valence-corrected chi connectivity index (χ1v) is 9.22. The summed E-state index contributed by atoms with van der Waals surface area (Å²) < 4.78 is 0. The molecule has 2 rings (SSSR count). The Morgan fingerprint density at radius 2 is 1.88 bits per heavy atom. The van der Waals surface area contributed by atoms with E-state index in [0.717, 1.165) is 24.9 Å². The highest BCUT2D eigenvalue weighted by atomic mass is 35.5. The van der Waals surface area contributed by atoms with Gasteiger partial charge in [0.05, 0.1) is 0 Å². The zero-order valence-electron chi connectivity index (χ0n) is 16.2. The summed E-state index contributed by atoms with van der Waals surface area (Å²) in [6.45, 7) is 9.25. The molecule has 3 unspecified atom stereocenters. The van der Waals surface area contributed by atoms with Crippen LogP contribution < -0.4 is 11.1 Å². The highest BCUT2D eigenvalue weighted by Gasteiger charge is 2.32. The highest BCUT2D eigenvalue weighted by Crippen LogP contribution is 2.21. The molecule has 0 radical (unpaired) electrons. The summed E-state index contributed by atoms with van der Waals surface area (Å²) >= 11 is 0. The standard InChI is InChI=1S/C20H31N3O2.ClH/c1-13(2)18(22-19(24)17-10-6-5-8-14(17)3)20(25)23-11-7-9-16(12-23)15(4)21;/h5-6,8,10,13,15-16,18H,7,9,11-12,21H2,1-4H3,(H,22,24);1H. The number of piperidine rings is 1. The van der Waals surface area contributed by atoms with Gasteiger partial charge in [0.15, 0.2) is 0 Å². The Kier molecular flexibility index (Phi) is 8.57. The molecule has 1 aromatic carbocycles. The number of halogens is 1. The van der Waals surface area contributed by atoms with Gasteiger partial charge in [-0.05, 0) is 50.2 Å². The normalized spacial score (nSPS) is 19.5. The van der Waals surface area contributed by atoms with Gasteiger partial charge in [-0.2, -0.15) is 0 Å². The first-order valence-electron chi connectivity index (χ1n) is 9.22. The molecule has 1 fully saturated rings. The molecular formula is C20H32ClN3O2. The summed E-state index contributed by atoms with van der Waals surface area (Å²) in [5.41, 5.74) is 7.56. The number of nitrogens with one attached hydrogen (secondary N) is 1. The Labute approximate surface area is 163 Å². The Bertz CT molecular complexity index is 619. The van der Waals surface area contributed by atoms with E-state index in [2.05, 4.69) is 5.32 Å². The van der Waals surface area contributed by atoms with Crippen LogP contribution in [0.1, 0.15) is 49.5 Å². The van der Waals surface area contributed by atoms with Gasteiger partial charge in [0.2, 0.25) is 5.91 Å². The van der Waals surface area contributed by atoms with Crippen LogP contribution in [0.2, 0.25) is 0 Å². The minimum Gasteiger partial charge on any atom is -0.341 e. The van der Waals surface area contributed by atoms with Crippen LogP contribution in [-0.2, 0) is 4.79 Å². The van der Waals surface area contributed by atoms with Gasteiger partial charge in [0, 0.05) is 24.7 Å². The maximum Gasteiger partial charge on any atom is 0.252 e. The van der Waals surface area contributed by atoms with E-state index in [1.54, 1.807) is 6.07 Å². The van der Waals surface area contributed by atoms with Crippen LogP contribution in [0.3, 0.4) is 0 Å². The van der Waals surface area contributed by atoms with Crippen molar-refractivity contribution in [3.8, 4) is 0 Å². The molecule has 0 aliphatic carbocycles. The van der Waals surface area contributed by atoms with Crippen molar-refractivity contribution in [2.45, 2.75) is 52.6 Å². The quantitative estimate of drug-likeness (QED) is 0.823. The van der Waals surface area contributed by atoms with Gasteiger partial charge < -0.3 is 16.0 Å². The molecule has 1 heterocycles. The molecule has 3 N–H and O–H groups in total. The van der Waals surface area contributed by atoms with Gasteiger partial charge in [0.1, 0.15) is 6.04 Å². The summed E-state index contributed by atoms with van der Waals surface area (Å²) in [5, 5.41) is 2.95. The first kappa shape index (κ1) is 22.5. The molecule has 1 aromatic rings. The molecule has 146 valence electrons. The van der Waals surface area contributed by atoms with Crippen LogP contribution in [0.5, 0.6) is 0 Å². The van der Waals surface area contributed by atoms with E-state index in [9.17, 15) is 9.59 Å². The zero-order chi connectivity index (χ0) is 18.6. The highest BCUT2D eigenvalue weighted by molar-refractivity contribution is 5.98. The Balaban J connectivity index is 0.00000338. The second-order valence-electron chi connectivity index (χ2n) is 7.56. The molecule has 26 heavy (non-hydrogen) atoms. The summed E-state index contributed by atoms with van der Waals surface area (Å²) in [4.78, 5) is 27.5. The average molecular weight is 382 g/mol. The molecule has 6 heteroatoms. The molecule has 1 aliphatic rings. The average Bonchev–Trinajstić information content (AvgIpc) is 2.59. The molecule has 0 aromatic heterocycles. The summed E-state index contributed by atoms with van der Waals surface area (Å²) in [7, 11) is 0. The van der Waals surface area contributed by atoms with Gasteiger partial charge in [-0.15, -0.1) is 12.4 Å².